The average molecular weight is 202 g/mol. The summed E-state index contributed by atoms with van der Waals surface area (Å²) in [6.45, 7) is 7.39. The molecule has 0 spiro atoms. The molecule has 80 valence electrons. The molecular weight excluding hydrogens is 186 g/mol. The van der Waals surface area contributed by atoms with Crippen LogP contribution in [-0.4, -0.2) is 5.11 Å². The van der Waals surface area contributed by atoms with Crippen molar-refractivity contribution >= 4 is 0 Å². The molecule has 3 heteroatoms. The number of rotatable bonds is 1. The first-order valence-corrected chi connectivity index (χ1v) is 4.60. The number of phenolic OH excluding ortho intramolecular Hbond substituents is 1. The van der Waals surface area contributed by atoms with Gasteiger partial charge in [-0.15, -0.1) is 0 Å². The summed E-state index contributed by atoms with van der Waals surface area (Å²) in [6.07, 6.45) is -2.52. The van der Waals surface area contributed by atoms with Gasteiger partial charge in [0, 0.05) is 5.56 Å². The van der Waals surface area contributed by atoms with E-state index in [2.05, 4.69) is 0 Å². The molecule has 0 unspecified atom stereocenters. The van der Waals surface area contributed by atoms with Crippen molar-refractivity contribution in [2.75, 3.05) is 0 Å². The molecule has 0 aliphatic carbocycles. The Morgan fingerprint density at radius 2 is 1.64 bits per heavy atom. The third kappa shape index (κ3) is 2.98. The minimum absolute atomic E-state index is 0.0645. The van der Waals surface area contributed by atoms with Crippen molar-refractivity contribution in [1.82, 2.24) is 0 Å². The van der Waals surface area contributed by atoms with Gasteiger partial charge < -0.3 is 5.11 Å². The number of halogens is 2. The minimum atomic E-state index is -2.52. The Labute approximate surface area is 83.4 Å². The number of aryl methyl sites for hydroxylation is 1. The van der Waals surface area contributed by atoms with Gasteiger partial charge in [0.05, 0.1) is 0 Å². The second-order valence-electron chi connectivity index (χ2n) is 2.78. The maximum atomic E-state index is 12.1. The lowest BCUT2D eigenvalue weighted by molar-refractivity contribution is 0.151. The summed E-state index contributed by atoms with van der Waals surface area (Å²) < 4.78 is 24.3. The van der Waals surface area contributed by atoms with E-state index in [1.165, 1.54) is 6.07 Å². The summed E-state index contributed by atoms with van der Waals surface area (Å²) in [5.41, 5.74) is 1.21. The quantitative estimate of drug-likeness (QED) is 0.730. The zero-order valence-corrected chi connectivity index (χ0v) is 8.94. The van der Waals surface area contributed by atoms with Crippen LogP contribution in [0.1, 0.15) is 37.0 Å². The Balaban J connectivity index is 0.000000791. The van der Waals surface area contributed by atoms with Crippen LogP contribution in [0.25, 0.3) is 0 Å². The van der Waals surface area contributed by atoms with Crippen LogP contribution in [0.15, 0.2) is 12.1 Å². The highest BCUT2D eigenvalue weighted by molar-refractivity contribution is 5.41. The molecule has 0 radical (unpaired) electrons. The summed E-state index contributed by atoms with van der Waals surface area (Å²) in [4.78, 5) is 0. The molecule has 0 heterocycles. The number of hydrogen-bond donors (Lipinski definition) is 1. The van der Waals surface area contributed by atoms with E-state index in [1.807, 2.05) is 13.8 Å². The molecule has 1 N–H and O–H groups in total. The van der Waals surface area contributed by atoms with Crippen LogP contribution >= 0.6 is 0 Å². The summed E-state index contributed by atoms with van der Waals surface area (Å²) in [6, 6.07) is 2.49. The van der Waals surface area contributed by atoms with Crippen LogP contribution in [0, 0.1) is 13.8 Å². The minimum Gasteiger partial charge on any atom is -0.508 e. The molecule has 0 saturated carbocycles. The zero-order valence-electron chi connectivity index (χ0n) is 8.94. The maximum absolute atomic E-state index is 12.1. The lowest BCUT2D eigenvalue weighted by Crippen LogP contribution is -1.88. The standard InChI is InChI=1S/C9H10F2O.C2H6/c1-5-3-7(9(10)11)4-8(12)6(5)2;1-2/h3-4,9,12H,1-2H3;1-2H3. The number of benzene rings is 1. The van der Waals surface area contributed by atoms with Gasteiger partial charge in [-0.05, 0) is 37.1 Å². The highest BCUT2D eigenvalue weighted by Gasteiger charge is 2.10. The first kappa shape index (κ1) is 12.9. The molecule has 0 atom stereocenters. The van der Waals surface area contributed by atoms with Crippen LogP contribution in [-0.2, 0) is 0 Å². The zero-order chi connectivity index (χ0) is 11.3. The highest BCUT2D eigenvalue weighted by Crippen LogP contribution is 2.27. The van der Waals surface area contributed by atoms with Gasteiger partial charge in [0.1, 0.15) is 5.75 Å². The maximum Gasteiger partial charge on any atom is 0.263 e. The third-order valence-corrected chi connectivity index (χ3v) is 1.91. The molecule has 0 aliphatic rings. The van der Waals surface area contributed by atoms with Crippen LogP contribution in [0.3, 0.4) is 0 Å². The summed E-state index contributed by atoms with van der Waals surface area (Å²) in [5, 5.41) is 9.20. The van der Waals surface area contributed by atoms with Crippen LogP contribution < -0.4 is 0 Å². The van der Waals surface area contributed by atoms with E-state index in [4.69, 9.17) is 0 Å². The Hall–Kier alpha value is -1.12. The van der Waals surface area contributed by atoms with Crippen molar-refractivity contribution in [2.45, 2.75) is 34.1 Å². The van der Waals surface area contributed by atoms with Crippen molar-refractivity contribution in [3.63, 3.8) is 0 Å². The van der Waals surface area contributed by atoms with Crippen molar-refractivity contribution in [1.29, 1.82) is 0 Å². The lowest BCUT2D eigenvalue weighted by atomic mass is 10.1. The normalized spacial score (nSPS) is 9.64. The van der Waals surface area contributed by atoms with Crippen LogP contribution in [0.2, 0.25) is 0 Å². The molecule has 1 aromatic rings. The van der Waals surface area contributed by atoms with Gasteiger partial charge in [-0.25, -0.2) is 8.78 Å². The van der Waals surface area contributed by atoms with E-state index < -0.39 is 6.43 Å². The van der Waals surface area contributed by atoms with Gasteiger partial charge in [0.2, 0.25) is 0 Å². The van der Waals surface area contributed by atoms with Crippen LogP contribution in [0.4, 0.5) is 8.78 Å². The molecular formula is C11H16F2O. The first-order chi connectivity index (χ1) is 6.52. The van der Waals surface area contributed by atoms with E-state index in [0.717, 1.165) is 6.07 Å². The molecule has 0 saturated heterocycles. The van der Waals surface area contributed by atoms with Gasteiger partial charge in [0.25, 0.3) is 6.43 Å². The predicted octanol–water partition coefficient (Wildman–Crippen LogP) is 3.97. The second-order valence-corrected chi connectivity index (χ2v) is 2.78. The molecule has 0 fully saturated rings. The van der Waals surface area contributed by atoms with Crippen molar-refractivity contribution in [3.8, 4) is 5.75 Å². The summed E-state index contributed by atoms with van der Waals surface area (Å²) in [7, 11) is 0. The molecule has 1 aromatic carbocycles. The largest absolute Gasteiger partial charge is 0.508 e. The monoisotopic (exact) mass is 202 g/mol. The number of hydrogen-bond acceptors (Lipinski definition) is 1. The van der Waals surface area contributed by atoms with Crippen LogP contribution in [0.5, 0.6) is 5.75 Å². The molecule has 0 bridgehead atoms. The van der Waals surface area contributed by atoms with E-state index in [-0.39, 0.29) is 11.3 Å². The third-order valence-electron chi connectivity index (χ3n) is 1.91. The molecule has 1 nitrogen and oxygen atoms in total. The van der Waals surface area contributed by atoms with Gasteiger partial charge in [0.15, 0.2) is 0 Å². The predicted molar refractivity (Wildman–Crippen MR) is 53.9 cm³/mol. The fourth-order valence-electron chi connectivity index (χ4n) is 0.994. The van der Waals surface area contributed by atoms with E-state index in [0.29, 0.717) is 11.1 Å². The smallest absolute Gasteiger partial charge is 0.263 e. The van der Waals surface area contributed by atoms with E-state index >= 15 is 0 Å². The number of aromatic hydroxyl groups is 1. The Morgan fingerprint density at radius 3 is 2.00 bits per heavy atom. The summed E-state index contributed by atoms with van der Waals surface area (Å²) in [5.74, 6) is -0.0645. The molecule has 0 aliphatic heterocycles. The molecule has 14 heavy (non-hydrogen) atoms. The number of phenols is 1. The summed E-state index contributed by atoms with van der Waals surface area (Å²) >= 11 is 0. The van der Waals surface area contributed by atoms with Crippen molar-refractivity contribution < 1.29 is 13.9 Å². The Morgan fingerprint density at radius 1 is 1.14 bits per heavy atom. The van der Waals surface area contributed by atoms with E-state index in [9.17, 15) is 13.9 Å². The molecule has 1 rings (SSSR count). The van der Waals surface area contributed by atoms with E-state index in [1.54, 1.807) is 13.8 Å². The topological polar surface area (TPSA) is 20.2 Å². The van der Waals surface area contributed by atoms with Gasteiger partial charge in [-0.3, -0.25) is 0 Å². The van der Waals surface area contributed by atoms with Gasteiger partial charge in [-0.2, -0.15) is 0 Å². The Bertz CT molecular complexity index is 272. The van der Waals surface area contributed by atoms with Gasteiger partial charge >= 0.3 is 0 Å². The molecule has 0 aromatic heterocycles. The lowest BCUT2D eigenvalue weighted by Gasteiger charge is -2.06. The fraction of sp³-hybridized carbons (Fsp3) is 0.455. The SMILES string of the molecule is CC.Cc1cc(C(F)F)cc(O)c1C. The Kier molecular flexibility index (Phi) is 5.13. The van der Waals surface area contributed by atoms with Crippen molar-refractivity contribution in [3.05, 3.63) is 28.8 Å². The fourth-order valence-corrected chi connectivity index (χ4v) is 0.994. The second kappa shape index (κ2) is 5.58. The average Bonchev–Trinajstić information content (AvgIpc) is 2.16. The van der Waals surface area contributed by atoms with Crippen molar-refractivity contribution in [2.24, 2.45) is 0 Å². The number of alkyl halides is 2. The highest BCUT2D eigenvalue weighted by atomic mass is 19.3. The van der Waals surface area contributed by atoms with Gasteiger partial charge in [-0.1, -0.05) is 13.8 Å². The first-order valence-electron chi connectivity index (χ1n) is 4.60. The molecule has 0 amide bonds.